The van der Waals surface area contributed by atoms with E-state index >= 15 is 0 Å². The minimum absolute atomic E-state index is 0.0469. The molecule has 4 rings (SSSR count). The summed E-state index contributed by atoms with van der Waals surface area (Å²) < 4.78 is 6.78. The minimum Gasteiger partial charge on any atom is -0.497 e. The summed E-state index contributed by atoms with van der Waals surface area (Å²) in [4.78, 5) is 25.1. The van der Waals surface area contributed by atoms with E-state index in [1.807, 2.05) is 68.4 Å². The van der Waals surface area contributed by atoms with Gasteiger partial charge in [-0.3, -0.25) is 15.4 Å². The molecule has 1 aliphatic heterocycles. The number of benzene rings is 2. The monoisotopic (exact) mass is 462 g/mol. The number of ether oxygens (including phenoxy) is 1. The first-order valence-corrected chi connectivity index (χ1v) is 11.3. The van der Waals surface area contributed by atoms with Gasteiger partial charge < -0.3 is 15.4 Å². The summed E-state index contributed by atoms with van der Waals surface area (Å²) in [6.07, 6.45) is 0.104. The number of hydrogen-bond acceptors (Lipinski definition) is 5. The molecule has 3 atom stereocenters. The lowest BCUT2D eigenvalue weighted by Crippen LogP contribution is -2.57. The fourth-order valence-electron chi connectivity index (χ4n) is 3.77. The van der Waals surface area contributed by atoms with Crippen LogP contribution in [-0.2, 0) is 11.2 Å². The molecule has 3 aromatic rings. The second-order valence-corrected chi connectivity index (χ2v) is 8.36. The number of methoxy groups -OCH3 is 1. The molecule has 4 N–H and O–H groups in total. The maximum absolute atomic E-state index is 12.7. The summed E-state index contributed by atoms with van der Waals surface area (Å²) in [6.45, 7) is 4.29. The van der Waals surface area contributed by atoms with E-state index in [-0.39, 0.29) is 23.9 Å². The van der Waals surface area contributed by atoms with Gasteiger partial charge in [-0.05, 0) is 31.0 Å². The highest BCUT2D eigenvalue weighted by Gasteiger charge is 2.32. The largest absolute Gasteiger partial charge is 0.497 e. The average Bonchev–Trinajstić information content (AvgIpc) is 3.27. The third-order valence-electron chi connectivity index (χ3n) is 6.01. The van der Waals surface area contributed by atoms with E-state index in [2.05, 4.69) is 26.4 Å². The lowest BCUT2D eigenvalue weighted by Gasteiger charge is -2.34. The van der Waals surface area contributed by atoms with Crippen molar-refractivity contribution in [2.24, 2.45) is 5.92 Å². The first kappa shape index (κ1) is 23.3. The van der Waals surface area contributed by atoms with E-state index in [1.54, 1.807) is 17.9 Å². The van der Waals surface area contributed by atoms with Crippen LogP contribution in [0.4, 0.5) is 10.6 Å². The Morgan fingerprint density at radius 1 is 1.12 bits per heavy atom. The van der Waals surface area contributed by atoms with Crippen molar-refractivity contribution < 1.29 is 14.3 Å². The third kappa shape index (κ3) is 5.37. The number of rotatable bonds is 7. The Bertz CT molecular complexity index is 1130. The second-order valence-electron chi connectivity index (χ2n) is 8.36. The molecule has 3 amide bonds. The molecule has 0 spiro atoms. The lowest BCUT2D eigenvalue weighted by molar-refractivity contribution is -0.130. The molecule has 1 fully saturated rings. The van der Waals surface area contributed by atoms with Crippen LogP contribution in [0.5, 0.6) is 5.75 Å². The Kier molecular flexibility index (Phi) is 7.12. The second kappa shape index (κ2) is 10.4. The predicted molar refractivity (Wildman–Crippen MR) is 130 cm³/mol. The highest BCUT2D eigenvalue weighted by atomic mass is 16.5. The molecular weight excluding hydrogens is 432 g/mol. The molecule has 0 saturated carbocycles. The zero-order chi connectivity index (χ0) is 24.1. The van der Waals surface area contributed by atoms with Crippen LogP contribution in [0.25, 0.3) is 11.3 Å². The molecule has 1 aromatic heterocycles. The Labute approximate surface area is 198 Å². The van der Waals surface area contributed by atoms with Crippen LogP contribution in [0.2, 0.25) is 0 Å². The van der Waals surface area contributed by atoms with Crippen LogP contribution in [0.15, 0.2) is 60.7 Å². The number of nitrogens with one attached hydrogen (secondary N) is 4. The lowest BCUT2D eigenvalue weighted by atomic mass is 10.0. The van der Waals surface area contributed by atoms with E-state index in [0.29, 0.717) is 24.5 Å². The quantitative estimate of drug-likeness (QED) is 0.431. The summed E-state index contributed by atoms with van der Waals surface area (Å²) >= 11 is 0. The predicted octanol–water partition coefficient (Wildman–Crippen LogP) is 3.12. The highest BCUT2D eigenvalue weighted by Crippen LogP contribution is 2.25. The van der Waals surface area contributed by atoms with Crippen LogP contribution in [0.1, 0.15) is 25.7 Å². The summed E-state index contributed by atoms with van der Waals surface area (Å²) in [5.41, 5.74) is 2.69. The van der Waals surface area contributed by atoms with Gasteiger partial charge in [-0.1, -0.05) is 49.4 Å². The number of amides is 3. The molecular formula is C25H30N6O3. The molecule has 1 aliphatic rings. The molecule has 3 unspecified atom stereocenters. The number of hydrogen-bond donors (Lipinski definition) is 4. The minimum atomic E-state index is -0.578. The van der Waals surface area contributed by atoms with Gasteiger partial charge in [0.1, 0.15) is 11.6 Å². The molecule has 34 heavy (non-hydrogen) atoms. The van der Waals surface area contributed by atoms with E-state index < -0.39 is 6.29 Å². The fraction of sp³-hybridized carbons (Fsp3) is 0.320. The molecule has 0 aliphatic carbocycles. The highest BCUT2D eigenvalue weighted by molar-refractivity contribution is 5.89. The van der Waals surface area contributed by atoms with Crippen LogP contribution in [0, 0.1) is 5.92 Å². The van der Waals surface area contributed by atoms with Crippen molar-refractivity contribution in [3.63, 3.8) is 0 Å². The van der Waals surface area contributed by atoms with Gasteiger partial charge in [0, 0.05) is 24.2 Å². The maximum atomic E-state index is 12.7. The van der Waals surface area contributed by atoms with Crippen LogP contribution in [0.3, 0.4) is 0 Å². The zero-order valence-electron chi connectivity index (χ0n) is 19.5. The molecule has 9 nitrogen and oxygen atoms in total. The molecule has 9 heteroatoms. The van der Waals surface area contributed by atoms with Crippen molar-refractivity contribution in [3.8, 4) is 17.0 Å². The molecule has 0 bridgehead atoms. The van der Waals surface area contributed by atoms with Gasteiger partial charge in [0.2, 0.25) is 5.91 Å². The molecule has 178 valence electrons. The smallest absolute Gasteiger partial charge is 0.320 e. The molecule has 0 radical (unpaired) electrons. The third-order valence-corrected chi connectivity index (χ3v) is 6.01. The van der Waals surface area contributed by atoms with Gasteiger partial charge in [-0.25, -0.2) is 9.48 Å². The van der Waals surface area contributed by atoms with Gasteiger partial charge in [-0.2, -0.15) is 5.10 Å². The van der Waals surface area contributed by atoms with Crippen LogP contribution in [-0.4, -0.2) is 41.4 Å². The number of carbonyl (C=O) groups excluding carboxylic acids is 2. The molecule has 1 saturated heterocycles. The van der Waals surface area contributed by atoms with Gasteiger partial charge in [0.05, 0.1) is 18.7 Å². The normalized spacial score (nSPS) is 19.9. The molecule has 2 heterocycles. The SMILES string of the molecule is COc1ccc(CCNC(=O)Nc2cc(-c3ccccc3)nn2C2NC(=O)C(C)C(C)N2)cc1. The fourth-order valence-corrected chi connectivity index (χ4v) is 3.77. The number of aromatic nitrogens is 2. The first-order chi connectivity index (χ1) is 16.4. The van der Waals surface area contributed by atoms with E-state index in [1.165, 1.54) is 0 Å². The zero-order valence-corrected chi connectivity index (χ0v) is 19.5. The first-order valence-electron chi connectivity index (χ1n) is 11.3. The van der Waals surface area contributed by atoms with E-state index in [0.717, 1.165) is 16.9 Å². The Morgan fingerprint density at radius 3 is 2.53 bits per heavy atom. The summed E-state index contributed by atoms with van der Waals surface area (Å²) in [5, 5.41) is 16.7. The summed E-state index contributed by atoms with van der Waals surface area (Å²) in [5.74, 6) is 1.03. The van der Waals surface area contributed by atoms with Crippen LogP contribution < -0.4 is 26.0 Å². The van der Waals surface area contributed by atoms with Crippen molar-refractivity contribution >= 4 is 17.8 Å². The number of nitrogens with zero attached hydrogens (tertiary/aromatic N) is 2. The Morgan fingerprint density at radius 2 is 1.85 bits per heavy atom. The van der Waals surface area contributed by atoms with Crippen molar-refractivity contribution in [1.82, 2.24) is 25.7 Å². The van der Waals surface area contributed by atoms with Gasteiger partial charge in [-0.15, -0.1) is 0 Å². The maximum Gasteiger partial charge on any atom is 0.320 e. The van der Waals surface area contributed by atoms with Crippen molar-refractivity contribution in [2.45, 2.75) is 32.6 Å². The van der Waals surface area contributed by atoms with Crippen molar-refractivity contribution in [2.75, 3.05) is 19.0 Å². The summed E-state index contributed by atoms with van der Waals surface area (Å²) in [7, 11) is 1.63. The van der Waals surface area contributed by atoms with Crippen LogP contribution >= 0.6 is 0 Å². The number of urea groups is 1. The van der Waals surface area contributed by atoms with E-state index in [9.17, 15) is 9.59 Å². The number of anilines is 1. The standard InChI is InChI=1S/C25H30N6O3/c1-16-17(2)27-24(29-23(16)32)31-22(15-21(30-31)19-7-5-4-6-8-19)28-25(33)26-14-13-18-9-11-20(34-3)12-10-18/h4-12,15-17,24,27H,13-14H2,1-3H3,(H,29,32)(H2,26,28,33). The van der Waals surface area contributed by atoms with Crippen molar-refractivity contribution in [1.29, 1.82) is 0 Å². The summed E-state index contributed by atoms with van der Waals surface area (Å²) in [6, 6.07) is 18.8. The van der Waals surface area contributed by atoms with Gasteiger partial charge in [0.25, 0.3) is 0 Å². The van der Waals surface area contributed by atoms with Gasteiger partial charge >= 0.3 is 6.03 Å². The van der Waals surface area contributed by atoms with Crippen molar-refractivity contribution in [3.05, 3.63) is 66.2 Å². The number of carbonyl (C=O) groups is 2. The molecule has 2 aromatic carbocycles. The van der Waals surface area contributed by atoms with Gasteiger partial charge in [0.15, 0.2) is 6.29 Å². The topological polar surface area (TPSA) is 109 Å². The van der Waals surface area contributed by atoms with E-state index in [4.69, 9.17) is 4.74 Å². The Balaban J connectivity index is 1.47. The Hall–Kier alpha value is -3.85. The average molecular weight is 463 g/mol.